The van der Waals surface area contributed by atoms with E-state index in [1.54, 1.807) is 13.3 Å². The van der Waals surface area contributed by atoms with Gasteiger partial charge in [-0.15, -0.1) is 0 Å². The Morgan fingerprint density at radius 1 is 1.15 bits per heavy atom. The van der Waals surface area contributed by atoms with Gasteiger partial charge in [-0.1, -0.05) is 29.3 Å². The van der Waals surface area contributed by atoms with Gasteiger partial charge < -0.3 is 14.6 Å². The minimum Gasteiger partial charge on any atom is -0.497 e. The van der Waals surface area contributed by atoms with Crippen LogP contribution in [0.3, 0.4) is 0 Å². The largest absolute Gasteiger partial charge is 0.497 e. The Labute approximate surface area is 153 Å². The first-order valence-corrected chi connectivity index (χ1v) is 8.48. The molecule has 0 radical (unpaired) electrons. The van der Waals surface area contributed by atoms with Crippen LogP contribution in [0, 0.1) is 13.8 Å². The van der Waals surface area contributed by atoms with Gasteiger partial charge >= 0.3 is 0 Å². The van der Waals surface area contributed by atoms with Crippen molar-refractivity contribution in [3.05, 3.63) is 82.9 Å². The second kappa shape index (κ2) is 7.44. The third kappa shape index (κ3) is 3.77. The van der Waals surface area contributed by atoms with Gasteiger partial charge in [-0.05, 0) is 43.7 Å². The molecular formula is C21H23N3O2. The number of carbonyl (C=O) groups is 1. The second-order valence-electron chi connectivity index (χ2n) is 6.46. The molecule has 26 heavy (non-hydrogen) atoms. The molecule has 0 aliphatic carbocycles. The number of hydrogen-bond acceptors (Lipinski definition) is 3. The van der Waals surface area contributed by atoms with Crippen molar-refractivity contribution in [3.63, 3.8) is 0 Å². The molecule has 0 saturated carbocycles. The van der Waals surface area contributed by atoms with Crippen molar-refractivity contribution < 1.29 is 9.53 Å². The standard InChI is InChI=1S/C21H23N3O2/c1-14-10-15(2)12-17(11-14)21(25)23-19(20-22-8-9-24(20)3)16-6-5-7-18(13-16)26-4/h5-13,19H,1-4H3,(H,23,25). The lowest BCUT2D eigenvalue weighted by Crippen LogP contribution is -2.31. The lowest BCUT2D eigenvalue weighted by molar-refractivity contribution is 0.0941. The average molecular weight is 349 g/mol. The molecule has 0 bridgehead atoms. The first kappa shape index (κ1) is 17.7. The first-order valence-electron chi connectivity index (χ1n) is 8.48. The number of benzene rings is 2. The highest BCUT2D eigenvalue weighted by molar-refractivity contribution is 5.95. The highest BCUT2D eigenvalue weighted by Crippen LogP contribution is 2.24. The summed E-state index contributed by atoms with van der Waals surface area (Å²) < 4.78 is 7.24. The normalized spacial score (nSPS) is 11.8. The molecule has 1 amide bonds. The molecule has 0 aliphatic heterocycles. The van der Waals surface area contributed by atoms with Crippen LogP contribution in [-0.2, 0) is 7.05 Å². The van der Waals surface area contributed by atoms with Crippen LogP contribution in [0.25, 0.3) is 0 Å². The van der Waals surface area contributed by atoms with Crippen molar-refractivity contribution >= 4 is 5.91 Å². The number of rotatable bonds is 5. The minimum atomic E-state index is -0.376. The Kier molecular flexibility index (Phi) is 5.07. The third-order valence-corrected chi connectivity index (χ3v) is 4.30. The van der Waals surface area contributed by atoms with E-state index in [-0.39, 0.29) is 11.9 Å². The van der Waals surface area contributed by atoms with Crippen molar-refractivity contribution in [2.24, 2.45) is 7.05 Å². The maximum Gasteiger partial charge on any atom is 0.252 e. The molecule has 134 valence electrons. The van der Waals surface area contributed by atoms with Crippen molar-refractivity contribution in [2.75, 3.05) is 7.11 Å². The molecule has 0 saturated heterocycles. The van der Waals surface area contributed by atoms with Gasteiger partial charge in [0.2, 0.25) is 0 Å². The molecular weight excluding hydrogens is 326 g/mol. The number of amides is 1. The molecule has 1 heterocycles. The second-order valence-corrected chi connectivity index (χ2v) is 6.46. The van der Waals surface area contributed by atoms with Gasteiger partial charge in [0.15, 0.2) is 0 Å². The maximum atomic E-state index is 12.9. The third-order valence-electron chi connectivity index (χ3n) is 4.30. The van der Waals surface area contributed by atoms with Crippen LogP contribution in [0.1, 0.15) is 38.9 Å². The molecule has 1 aromatic heterocycles. The van der Waals surface area contributed by atoms with Crippen LogP contribution < -0.4 is 10.1 Å². The van der Waals surface area contributed by atoms with Gasteiger partial charge in [-0.3, -0.25) is 4.79 Å². The van der Waals surface area contributed by atoms with E-state index in [0.717, 1.165) is 28.3 Å². The zero-order valence-corrected chi connectivity index (χ0v) is 15.5. The quantitative estimate of drug-likeness (QED) is 0.766. The smallest absolute Gasteiger partial charge is 0.252 e. The van der Waals surface area contributed by atoms with Crippen LogP contribution in [0.5, 0.6) is 5.75 Å². The summed E-state index contributed by atoms with van der Waals surface area (Å²) in [5.41, 5.74) is 3.68. The van der Waals surface area contributed by atoms with E-state index in [0.29, 0.717) is 5.56 Å². The van der Waals surface area contributed by atoms with Gasteiger partial charge in [0.1, 0.15) is 17.6 Å². The SMILES string of the molecule is COc1cccc(C(NC(=O)c2cc(C)cc(C)c2)c2nccn2C)c1. The maximum absolute atomic E-state index is 12.9. The van der Waals surface area contributed by atoms with E-state index in [1.807, 2.05) is 68.1 Å². The summed E-state index contributed by atoms with van der Waals surface area (Å²) in [6.45, 7) is 3.98. The molecule has 0 fully saturated rings. The lowest BCUT2D eigenvalue weighted by Gasteiger charge is -2.20. The molecule has 0 aliphatic rings. The zero-order valence-electron chi connectivity index (χ0n) is 15.5. The monoisotopic (exact) mass is 349 g/mol. The number of nitrogens with zero attached hydrogens (tertiary/aromatic N) is 2. The Bertz CT molecular complexity index is 910. The van der Waals surface area contributed by atoms with Gasteiger partial charge in [-0.25, -0.2) is 4.98 Å². The van der Waals surface area contributed by atoms with E-state index in [9.17, 15) is 4.79 Å². The first-order chi connectivity index (χ1) is 12.5. The number of imidazole rings is 1. The van der Waals surface area contributed by atoms with Gasteiger partial charge in [0.05, 0.1) is 7.11 Å². The predicted octanol–water partition coefficient (Wildman–Crippen LogP) is 3.56. The number of methoxy groups -OCH3 is 1. The highest BCUT2D eigenvalue weighted by atomic mass is 16.5. The number of aryl methyl sites for hydroxylation is 3. The fraction of sp³-hybridized carbons (Fsp3) is 0.238. The van der Waals surface area contributed by atoms with Crippen LogP contribution in [0.2, 0.25) is 0 Å². The molecule has 5 heteroatoms. The fourth-order valence-corrected chi connectivity index (χ4v) is 3.09. The molecule has 1 N–H and O–H groups in total. The molecule has 3 rings (SSSR count). The van der Waals surface area contributed by atoms with E-state index >= 15 is 0 Å². The predicted molar refractivity (Wildman–Crippen MR) is 101 cm³/mol. The number of nitrogens with one attached hydrogen (secondary N) is 1. The molecule has 2 aromatic carbocycles. The Morgan fingerprint density at radius 3 is 2.50 bits per heavy atom. The van der Waals surface area contributed by atoms with E-state index < -0.39 is 0 Å². The van der Waals surface area contributed by atoms with Gasteiger partial charge in [-0.2, -0.15) is 0 Å². The summed E-state index contributed by atoms with van der Waals surface area (Å²) in [4.78, 5) is 17.4. The van der Waals surface area contributed by atoms with Crippen molar-refractivity contribution in [2.45, 2.75) is 19.9 Å². The highest BCUT2D eigenvalue weighted by Gasteiger charge is 2.22. The van der Waals surface area contributed by atoms with Crippen LogP contribution in [0.4, 0.5) is 0 Å². The summed E-state index contributed by atoms with van der Waals surface area (Å²) in [5, 5.41) is 3.12. The summed E-state index contributed by atoms with van der Waals surface area (Å²) in [7, 11) is 3.54. The minimum absolute atomic E-state index is 0.132. The molecule has 1 unspecified atom stereocenters. The van der Waals surface area contributed by atoms with Gasteiger partial charge in [0, 0.05) is 25.0 Å². The van der Waals surface area contributed by atoms with Crippen molar-refractivity contribution in [1.29, 1.82) is 0 Å². The topological polar surface area (TPSA) is 56.1 Å². The summed E-state index contributed by atoms with van der Waals surface area (Å²) in [6, 6.07) is 13.1. The molecule has 3 aromatic rings. The Balaban J connectivity index is 1.98. The summed E-state index contributed by atoms with van der Waals surface area (Å²) >= 11 is 0. The van der Waals surface area contributed by atoms with Crippen molar-refractivity contribution in [1.82, 2.24) is 14.9 Å². The number of ether oxygens (including phenoxy) is 1. The Morgan fingerprint density at radius 2 is 1.88 bits per heavy atom. The van der Waals surface area contributed by atoms with E-state index in [2.05, 4.69) is 16.4 Å². The average Bonchev–Trinajstić information content (AvgIpc) is 3.04. The lowest BCUT2D eigenvalue weighted by atomic mass is 10.0. The number of carbonyl (C=O) groups excluding carboxylic acids is 1. The van der Waals surface area contributed by atoms with Crippen LogP contribution in [0.15, 0.2) is 54.9 Å². The van der Waals surface area contributed by atoms with E-state index in [1.165, 1.54) is 0 Å². The number of aromatic nitrogens is 2. The summed E-state index contributed by atoms with van der Waals surface area (Å²) in [6.07, 6.45) is 3.59. The van der Waals surface area contributed by atoms with Gasteiger partial charge in [0.25, 0.3) is 5.91 Å². The molecule has 1 atom stereocenters. The number of hydrogen-bond donors (Lipinski definition) is 1. The zero-order chi connectivity index (χ0) is 18.7. The fourth-order valence-electron chi connectivity index (χ4n) is 3.09. The Hall–Kier alpha value is -3.08. The van der Waals surface area contributed by atoms with Crippen LogP contribution in [-0.4, -0.2) is 22.6 Å². The molecule has 5 nitrogen and oxygen atoms in total. The van der Waals surface area contributed by atoms with Crippen LogP contribution >= 0.6 is 0 Å². The summed E-state index contributed by atoms with van der Waals surface area (Å²) in [5.74, 6) is 1.37. The van der Waals surface area contributed by atoms with E-state index in [4.69, 9.17) is 4.74 Å². The van der Waals surface area contributed by atoms with Crippen molar-refractivity contribution in [3.8, 4) is 5.75 Å². The molecule has 0 spiro atoms.